The molecule has 0 spiro atoms. The zero-order valence-corrected chi connectivity index (χ0v) is 20.4. The van der Waals surface area contributed by atoms with Crippen molar-refractivity contribution >= 4 is 40.8 Å². The molecule has 0 aliphatic carbocycles. The van der Waals surface area contributed by atoms with Crippen LogP contribution in [-0.2, 0) is 13.0 Å². The fourth-order valence-corrected chi connectivity index (χ4v) is 3.58. The van der Waals surface area contributed by atoms with Crippen molar-refractivity contribution in [2.24, 2.45) is 4.99 Å². The molecular weight excluding hydrogens is 501 g/mol. The van der Waals surface area contributed by atoms with Crippen molar-refractivity contribution in [1.29, 1.82) is 0 Å². The highest BCUT2D eigenvalue weighted by atomic mass is 127. The monoisotopic (exact) mass is 529 g/mol. The third-order valence-electron chi connectivity index (χ3n) is 5.19. The Hall–Kier alpha value is -2.81. The normalized spacial score (nSPS) is 11.4. The molecule has 7 heteroatoms. The van der Waals surface area contributed by atoms with Gasteiger partial charge in [0.25, 0.3) is 0 Å². The van der Waals surface area contributed by atoms with Crippen LogP contribution in [0, 0.1) is 13.8 Å². The summed E-state index contributed by atoms with van der Waals surface area (Å²) in [4.78, 5) is 12.2. The minimum absolute atomic E-state index is 0. The van der Waals surface area contributed by atoms with Gasteiger partial charge in [-0.3, -0.25) is 4.99 Å². The van der Waals surface area contributed by atoms with Crippen molar-refractivity contribution in [3.8, 4) is 11.5 Å². The summed E-state index contributed by atoms with van der Waals surface area (Å²) < 4.78 is 5.62. The van der Waals surface area contributed by atoms with E-state index in [9.17, 15) is 0 Å². The molecule has 0 saturated carbocycles. The van der Waals surface area contributed by atoms with Crippen LogP contribution in [0.2, 0.25) is 0 Å². The number of nitrogens with one attached hydrogen (secondary N) is 3. The number of nitrogens with zero attached hydrogens (tertiary/aromatic N) is 2. The Labute approximate surface area is 199 Å². The standard InChI is InChI=1S/C24H27N5O.HI/c1-16-7-9-18(10-8-16)23-29-20(15-30-23)14-28-24(25-3)26-12-11-19-13-27-21-6-4-5-17(2)22(19)21;/h4-10,13,15,27H,11-12,14H2,1-3H3,(H2,25,26,28);1H. The number of oxazole rings is 1. The summed E-state index contributed by atoms with van der Waals surface area (Å²) in [6, 6.07) is 14.5. The van der Waals surface area contributed by atoms with E-state index < -0.39 is 0 Å². The van der Waals surface area contributed by atoms with Crippen LogP contribution in [0.15, 0.2) is 64.3 Å². The maximum atomic E-state index is 5.62. The van der Waals surface area contributed by atoms with Gasteiger partial charge in [0.2, 0.25) is 5.89 Å². The quantitative estimate of drug-likeness (QED) is 0.187. The number of fused-ring (bicyclic) bond motifs is 1. The van der Waals surface area contributed by atoms with Gasteiger partial charge >= 0.3 is 0 Å². The first-order chi connectivity index (χ1) is 14.6. The van der Waals surface area contributed by atoms with Crippen molar-refractivity contribution < 1.29 is 4.42 Å². The topological polar surface area (TPSA) is 78.2 Å². The lowest BCUT2D eigenvalue weighted by Gasteiger charge is -2.10. The van der Waals surface area contributed by atoms with Gasteiger partial charge in [-0.15, -0.1) is 24.0 Å². The van der Waals surface area contributed by atoms with Crippen LogP contribution in [0.3, 0.4) is 0 Å². The molecule has 0 saturated heterocycles. The SMILES string of the molecule is CN=C(NCCc1c[nH]c2cccc(C)c12)NCc1coc(-c2ccc(C)cc2)n1.I. The maximum Gasteiger partial charge on any atom is 0.226 e. The van der Waals surface area contributed by atoms with Crippen LogP contribution in [0.25, 0.3) is 22.4 Å². The Morgan fingerprint density at radius 2 is 1.90 bits per heavy atom. The number of H-pyrrole nitrogens is 1. The number of aromatic amines is 1. The van der Waals surface area contributed by atoms with Crippen molar-refractivity contribution in [2.45, 2.75) is 26.8 Å². The van der Waals surface area contributed by atoms with Crippen LogP contribution >= 0.6 is 24.0 Å². The molecule has 0 amide bonds. The van der Waals surface area contributed by atoms with E-state index in [1.54, 1.807) is 13.3 Å². The predicted molar refractivity (Wildman–Crippen MR) is 137 cm³/mol. The van der Waals surface area contributed by atoms with E-state index in [0.717, 1.165) is 30.2 Å². The highest BCUT2D eigenvalue weighted by Crippen LogP contribution is 2.22. The first kappa shape index (κ1) is 22.9. The van der Waals surface area contributed by atoms with E-state index in [4.69, 9.17) is 4.42 Å². The molecule has 2 heterocycles. The van der Waals surface area contributed by atoms with E-state index in [2.05, 4.69) is 76.0 Å². The Bertz CT molecular complexity index is 1160. The van der Waals surface area contributed by atoms with Crippen LogP contribution in [0.4, 0.5) is 0 Å². The number of aliphatic imine (C=N–C) groups is 1. The third kappa shape index (κ3) is 5.46. The number of hydrogen-bond acceptors (Lipinski definition) is 3. The molecule has 31 heavy (non-hydrogen) atoms. The van der Waals surface area contributed by atoms with Gasteiger partial charge in [0.1, 0.15) is 6.26 Å². The number of halogens is 1. The molecule has 0 atom stereocenters. The Morgan fingerprint density at radius 1 is 1.10 bits per heavy atom. The lowest BCUT2D eigenvalue weighted by atomic mass is 10.1. The second-order valence-electron chi connectivity index (χ2n) is 7.42. The van der Waals surface area contributed by atoms with Crippen LogP contribution < -0.4 is 10.6 Å². The molecule has 3 N–H and O–H groups in total. The third-order valence-corrected chi connectivity index (χ3v) is 5.19. The van der Waals surface area contributed by atoms with Gasteiger partial charge < -0.3 is 20.0 Å². The van der Waals surface area contributed by atoms with Crippen LogP contribution in [-0.4, -0.2) is 29.5 Å². The Morgan fingerprint density at radius 3 is 2.68 bits per heavy atom. The summed E-state index contributed by atoms with van der Waals surface area (Å²) in [6.07, 6.45) is 4.69. The summed E-state index contributed by atoms with van der Waals surface area (Å²) in [5.41, 5.74) is 6.81. The largest absolute Gasteiger partial charge is 0.444 e. The first-order valence-corrected chi connectivity index (χ1v) is 10.2. The molecule has 2 aromatic carbocycles. The summed E-state index contributed by atoms with van der Waals surface area (Å²) in [5.74, 6) is 1.37. The molecule has 0 radical (unpaired) electrons. The molecule has 4 rings (SSSR count). The smallest absolute Gasteiger partial charge is 0.226 e. The highest BCUT2D eigenvalue weighted by molar-refractivity contribution is 14.0. The van der Waals surface area contributed by atoms with E-state index in [-0.39, 0.29) is 24.0 Å². The first-order valence-electron chi connectivity index (χ1n) is 10.2. The second-order valence-corrected chi connectivity index (χ2v) is 7.42. The molecule has 6 nitrogen and oxygen atoms in total. The summed E-state index contributed by atoms with van der Waals surface area (Å²) in [7, 11) is 1.77. The minimum Gasteiger partial charge on any atom is -0.444 e. The van der Waals surface area contributed by atoms with E-state index in [1.807, 2.05) is 12.1 Å². The number of aromatic nitrogens is 2. The Balaban J connectivity index is 0.00000272. The van der Waals surface area contributed by atoms with Crippen molar-refractivity contribution in [1.82, 2.24) is 20.6 Å². The van der Waals surface area contributed by atoms with Gasteiger partial charge in [0.05, 0.1) is 12.2 Å². The number of aryl methyl sites for hydroxylation is 2. The van der Waals surface area contributed by atoms with Gasteiger partial charge in [0.15, 0.2) is 5.96 Å². The van der Waals surface area contributed by atoms with Crippen molar-refractivity contribution in [3.05, 3.63) is 77.3 Å². The van der Waals surface area contributed by atoms with Gasteiger partial charge in [-0.2, -0.15) is 0 Å². The average Bonchev–Trinajstić information content (AvgIpc) is 3.39. The van der Waals surface area contributed by atoms with E-state index in [1.165, 1.54) is 27.6 Å². The van der Waals surface area contributed by atoms with Gasteiger partial charge in [-0.05, 0) is 49.6 Å². The van der Waals surface area contributed by atoms with E-state index in [0.29, 0.717) is 12.4 Å². The van der Waals surface area contributed by atoms with Gasteiger partial charge in [-0.1, -0.05) is 29.8 Å². The fraction of sp³-hybridized carbons (Fsp3) is 0.250. The lowest BCUT2D eigenvalue weighted by Crippen LogP contribution is -2.37. The number of benzene rings is 2. The van der Waals surface area contributed by atoms with E-state index >= 15 is 0 Å². The van der Waals surface area contributed by atoms with Gasteiger partial charge in [0, 0.05) is 36.3 Å². The van der Waals surface area contributed by atoms with Crippen molar-refractivity contribution in [2.75, 3.05) is 13.6 Å². The molecule has 2 aromatic heterocycles. The number of hydrogen-bond donors (Lipinski definition) is 3. The second kappa shape index (κ2) is 10.5. The average molecular weight is 529 g/mol. The molecule has 0 aliphatic rings. The summed E-state index contributed by atoms with van der Waals surface area (Å²) >= 11 is 0. The zero-order valence-electron chi connectivity index (χ0n) is 18.0. The molecular formula is C24H28IN5O. The number of rotatable bonds is 6. The molecule has 0 bridgehead atoms. The molecule has 0 fully saturated rings. The molecule has 162 valence electrons. The zero-order chi connectivity index (χ0) is 20.9. The maximum absolute atomic E-state index is 5.62. The summed E-state index contributed by atoms with van der Waals surface area (Å²) in [5, 5.41) is 7.98. The minimum atomic E-state index is 0. The predicted octanol–water partition coefficient (Wildman–Crippen LogP) is 4.97. The lowest BCUT2D eigenvalue weighted by molar-refractivity contribution is 0.572. The Kier molecular flexibility index (Phi) is 7.73. The molecule has 0 unspecified atom stereocenters. The van der Waals surface area contributed by atoms with Crippen molar-refractivity contribution in [3.63, 3.8) is 0 Å². The number of guanidine groups is 1. The van der Waals surface area contributed by atoms with Crippen LogP contribution in [0.1, 0.15) is 22.4 Å². The highest BCUT2D eigenvalue weighted by Gasteiger charge is 2.09. The fourth-order valence-electron chi connectivity index (χ4n) is 3.58. The van der Waals surface area contributed by atoms with Crippen LogP contribution in [0.5, 0.6) is 0 Å². The summed E-state index contributed by atoms with van der Waals surface area (Å²) in [6.45, 7) is 5.54. The molecule has 0 aliphatic heterocycles. The molecule has 4 aromatic rings. The van der Waals surface area contributed by atoms with Gasteiger partial charge in [-0.25, -0.2) is 4.98 Å².